The van der Waals surface area contributed by atoms with Gasteiger partial charge in [-0.15, -0.1) is 10.2 Å². The molecule has 5 rings (SSSR count). The molecule has 1 aliphatic heterocycles. The quantitative estimate of drug-likeness (QED) is 0.364. The SMILES string of the molecule is Cc1c(-c2nnc(C3NCCCC3c3ccc(F)cc3)o2)cc(N(CC(=O)N(C)C)C[C@H]2C[C@@H]2C)nc1N(C)S(C)(=O)=O. The molecular formula is C30H40FN7O4S. The summed E-state index contributed by atoms with van der Waals surface area (Å²) in [5, 5.41) is 12.3. The van der Waals surface area contributed by atoms with Crippen molar-refractivity contribution in [1.82, 2.24) is 25.4 Å². The van der Waals surface area contributed by atoms with Crippen LogP contribution in [0.2, 0.25) is 0 Å². The average Bonchev–Trinajstić information content (AvgIpc) is 3.44. The summed E-state index contributed by atoms with van der Waals surface area (Å²) < 4.78 is 46.3. The number of nitrogens with one attached hydrogen (secondary N) is 1. The molecule has 1 aromatic carbocycles. The number of piperidine rings is 1. The fourth-order valence-corrected chi connectivity index (χ4v) is 6.09. The number of anilines is 2. The third kappa shape index (κ3) is 6.82. The lowest BCUT2D eigenvalue weighted by Crippen LogP contribution is -2.38. The van der Waals surface area contributed by atoms with Crippen LogP contribution in [-0.2, 0) is 14.8 Å². The zero-order chi connectivity index (χ0) is 31.1. The van der Waals surface area contributed by atoms with Gasteiger partial charge < -0.3 is 19.5 Å². The van der Waals surface area contributed by atoms with Crippen molar-refractivity contribution in [2.45, 2.75) is 45.1 Å². The molecule has 0 radical (unpaired) electrons. The van der Waals surface area contributed by atoms with Gasteiger partial charge in [0, 0.05) is 44.7 Å². The van der Waals surface area contributed by atoms with Gasteiger partial charge in [0.25, 0.3) is 0 Å². The van der Waals surface area contributed by atoms with Crippen LogP contribution in [-0.4, -0.2) is 81.4 Å². The first-order valence-corrected chi connectivity index (χ1v) is 16.4. The molecule has 3 aromatic rings. The van der Waals surface area contributed by atoms with Gasteiger partial charge >= 0.3 is 0 Å². The van der Waals surface area contributed by atoms with Gasteiger partial charge in [0.05, 0.1) is 18.8 Å². The minimum atomic E-state index is -3.65. The summed E-state index contributed by atoms with van der Waals surface area (Å²) in [4.78, 5) is 21.0. The van der Waals surface area contributed by atoms with Crippen LogP contribution >= 0.6 is 0 Å². The number of hydrogen-bond acceptors (Lipinski definition) is 9. The van der Waals surface area contributed by atoms with Crippen LogP contribution in [0.4, 0.5) is 16.0 Å². The van der Waals surface area contributed by atoms with Crippen LogP contribution in [0.25, 0.3) is 11.5 Å². The Hall–Kier alpha value is -3.58. The molecule has 4 atom stereocenters. The largest absolute Gasteiger partial charge is 0.419 e. The molecule has 13 heteroatoms. The number of halogens is 1. The third-order valence-electron chi connectivity index (χ3n) is 8.60. The third-order valence-corrected chi connectivity index (χ3v) is 9.77. The maximum Gasteiger partial charge on any atom is 0.248 e. The maximum absolute atomic E-state index is 13.6. The van der Waals surface area contributed by atoms with Crippen LogP contribution < -0.4 is 14.5 Å². The highest BCUT2D eigenvalue weighted by molar-refractivity contribution is 7.92. The van der Waals surface area contributed by atoms with Gasteiger partial charge in [-0.3, -0.25) is 9.10 Å². The number of benzene rings is 1. The van der Waals surface area contributed by atoms with E-state index in [2.05, 4.69) is 22.4 Å². The number of carbonyl (C=O) groups excluding carboxylic acids is 1. The van der Waals surface area contributed by atoms with E-state index in [4.69, 9.17) is 9.40 Å². The van der Waals surface area contributed by atoms with Crippen molar-refractivity contribution >= 4 is 27.6 Å². The molecule has 1 aliphatic carbocycles. The highest BCUT2D eigenvalue weighted by atomic mass is 32.2. The summed E-state index contributed by atoms with van der Waals surface area (Å²) in [6.45, 7) is 5.42. The van der Waals surface area contributed by atoms with Crippen molar-refractivity contribution in [1.29, 1.82) is 0 Å². The second-order valence-electron chi connectivity index (χ2n) is 12.0. The molecule has 0 bridgehead atoms. The fourth-order valence-electron chi connectivity index (χ4n) is 5.60. The Morgan fingerprint density at radius 3 is 2.49 bits per heavy atom. The lowest BCUT2D eigenvalue weighted by atomic mass is 9.84. The summed E-state index contributed by atoms with van der Waals surface area (Å²) in [6.07, 6.45) is 4.00. The molecule has 1 N–H and O–H groups in total. The summed E-state index contributed by atoms with van der Waals surface area (Å²) in [5.74, 6) is 1.88. The molecule has 232 valence electrons. The first kappa shape index (κ1) is 30.9. The highest BCUT2D eigenvalue weighted by Crippen LogP contribution is 2.41. The molecule has 43 heavy (non-hydrogen) atoms. The van der Waals surface area contributed by atoms with E-state index in [1.807, 2.05) is 4.90 Å². The average molecular weight is 614 g/mol. The second kappa shape index (κ2) is 12.2. The molecule has 2 unspecified atom stereocenters. The predicted octanol–water partition coefficient (Wildman–Crippen LogP) is 3.73. The van der Waals surface area contributed by atoms with Gasteiger partial charge in [-0.2, -0.15) is 0 Å². The number of sulfonamides is 1. The number of rotatable bonds is 10. The Morgan fingerprint density at radius 2 is 1.86 bits per heavy atom. The fraction of sp³-hybridized carbons (Fsp3) is 0.533. The molecule has 1 saturated carbocycles. The summed E-state index contributed by atoms with van der Waals surface area (Å²) in [7, 11) is 1.21. The van der Waals surface area contributed by atoms with Gasteiger partial charge in [-0.05, 0) is 68.3 Å². The van der Waals surface area contributed by atoms with Gasteiger partial charge in [0.15, 0.2) is 0 Å². The molecule has 0 spiro atoms. The van der Waals surface area contributed by atoms with Crippen molar-refractivity contribution < 1.29 is 22.0 Å². The van der Waals surface area contributed by atoms with Crippen molar-refractivity contribution in [2.24, 2.45) is 11.8 Å². The second-order valence-corrected chi connectivity index (χ2v) is 14.0. The number of likely N-dealkylation sites (N-methyl/N-ethyl adjacent to an activating group) is 1. The van der Waals surface area contributed by atoms with E-state index in [0.717, 1.165) is 41.9 Å². The van der Waals surface area contributed by atoms with E-state index >= 15 is 0 Å². The topological polar surface area (TPSA) is 125 Å². The van der Waals surface area contributed by atoms with Crippen LogP contribution in [0.5, 0.6) is 0 Å². The highest BCUT2D eigenvalue weighted by Gasteiger charge is 2.36. The summed E-state index contributed by atoms with van der Waals surface area (Å²) in [5.41, 5.74) is 2.07. The van der Waals surface area contributed by atoms with Crippen LogP contribution in [0.1, 0.15) is 55.2 Å². The Balaban J connectivity index is 1.56. The lowest BCUT2D eigenvalue weighted by Gasteiger charge is -2.30. The van der Waals surface area contributed by atoms with Gasteiger partial charge in [-0.1, -0.05) is 19.1 Å². The molecule has 1 saturated heterocycles. The Morgan fingerprint density at radius 1 is 1.16 bits per heavy atom. The van der Waals surface area contributed by atoms with Gasteiger partial charge in [0.1, 0.15) is 17.5 Å². The number of hydrogen-bond donors (Lipinski definition) is 1. The predicted molar refractivity (Wildman–Crippen MR) is 163 cm³/mol. The van der Waals surface area contributed by atoms with E-state index in [0.29, 0.717) is 41.2 Å². The molecule has 3 heterocycles. The van der Waals surface area contributed by atoms with Crippen molar-refractivity contribution in [3.05, 3.63) is 53.2 Å². The zero-order valence-corrected chi connectivity index (χ0v) is 26.4. The van der Waals surface area contributed by atoms with Crippen molar-refractivity contribution in [3.63, 3.8) is 0 Å². The smallest absolute Gasteiger partial charge is 0.248 e. The number of amides is 1. The zero-order valence-electron chi connectivity index (χ0n) is 25.5. The standard InChI is InChI=1S/C30H40FN7O4S/c1-18-14-21(18)16-38(17-26(39)36(3)4)25-15-24(19(2)28(33-25)37(5)43(6,40)41)29-34-35-30(42-29)27-23(8-7-13-32-27)20-9-11-22(31)12-10-20/h9-12,15,18,21,23,27,32H,7-8,13-14,16-17H2,1-6H3/t18-,21+,23?,27?/m0/s1. The summed E-state index contributed by atoms with van der Waals surface area (Å²) in [6, 6.07) is 8.01. The van der Waals surface area contributed by atoms with E-state index in [1.54, 1.807) is 39.2 Å². The van der Waals surface area contributed by atoms with Crippen molar-refractivity contribution in [2.75, 3.05) is 56.2 Å². The Labute approximate surface area is 252 Å². The monoisotopic (exact) mass is 613 g/mol. The molecule has 11 nitrogen and oxygen atoms in total. The number of carbonyl (C=O) groups is 1. The van der Waals surface area contributed by atoms with E-state index in [-0.39, 0.29) is 41.9 Å². The minimum absolute atomic E-state index is 0.0109. The Bertz CT molecular complexity index is 1580. The van der Waals surface area contributed by atoms with Crippen molar-refractivity contribution in [3.8, 4) is 11.5 Å². The number of aromatic nitrogens is 3. The number of pyridine rings is 1. The summed E-state index contributed by atoms with van der Waals surface area (Å²) >= 11 is 0. The Kier molecular flexibility index (Phi) is 8.75. The molecular weight excluding hydrogens is 573 g/mol. The lowest BCUT2D eigenvalue weighted by molar-refractivity contribution is -0.127. The maximum atomic E-state index is 13.6. The number of nitrogens with zero attached hydrogens (tertiary/aromatic N) is 6. The minimum Gasteiger partial charge on any atom is -0.419 e. The van der Waals surface area contributed by atoms with E-state index < -0.39 is 10.0 Å². The van der Waals surface area contributed by atoms with E-state index in [9.17, 15) is 17.6 Å². The molecule has 2 aromatic heterocycles. The van der Waals surface area contributed by atoms with Gasteiger partial charge in [0.2, 0.25) is 27.7 Å². The normalized spacial score (nSPS) is 21.8. The van der Waals surface area contributed by atoms with Crippen LogP contribution in [0.3, 0.4) is 0 Å². The molecule has 2 aliphatic rings. The first-order valence-electron chi connectivity index (χ1n) is 14.6. The first-order chi connectivity index (χ1) is 20.3. The van der Waals surface area contributed by atoms with Crippen LogP contribution in [0.15, 0.2) is 34.7 Å². The van der Waals surface area contributed by atoms with Gasteiger partial charge in [-0.25, -0.2) is 17.8 Å². The molecule has 1 amide bonds. The van der Waals surface area contributed by atoms with Crippen LogP contribution in [0, 0.1) is 24.6 Å². The molecule has 2 fully saturated rings. The van der Waals surface area contributed by atoms with E-state index in [1.165, 1.54) is 24.1 Å².